The molecule has 0 bridgehead atoms. The number of carboxylic acids is 1. The molecule has 0 aromatic heterocycles. The van der Waals surface area contributed by atoms with E-state index in [0.29, 0.717) is 19.4 Å². The lowest BCUT2D eigenvalue weighted by molar-refractivity contribution is -0.148. The molecule has 0 radical (unpaired) electrons. The summed E-state index contributed by atoms with van der Waals surface area (Å²) in [6, 6.07) is 0. The van der Waals surface area contributed by atoms with Crippen molar-refractivity contribution in [1.29, 1.82) is 0 Å². The average molecular weight is 272 g/mol. The molecule has 19 heavy (non-hydrogen) atoms. The van der Waals surface area contributed by atoms with Gasteiger partial charge in [0.15, 0.2) is 0 Å². The Morgan fingerprint density at radius 1 is 1.47 bits per heavy atom. The Bertz CT molecular complexity index is 282. The highest BCUT2D eigenvalue weighted by Crippen LogP contribution is 2.30. The van der Waals surface area contributed by atoms with Crippen LogP contribution in [0, 0.1) is 0 Å². The minimum atomic E-state index is -0.800. The zero-order valence-electron chi connectivity index (χ0n) is 12.4. The molecule has 0 spiro atoms. The highest BCUT2D eigenvalue weighted by atomic mass is 16.5. The third-order valence-corrected chi connectivity index (χ3v) is 4.23. The molecule has 1 rings (SSSR count). The summed E-state index contributed by atoms with van der Waals surface area (Å²) in [5, 5.41) is 12.8. The lowest BCUT2D eigenvalue weighted by Gasteiger charge is -2.38. The number of hydrogen-bond donors (Lipinski definition) is 2. The number of rotatable bonds is 8. The van der Waals surface area contributed by atoms with E-state index in [1.165, 1.54) is 0 Å². The first-order valence-electron chi connectivity index (χ1n) is 7.31. The van der Waals surface area contributed by atoms with Crippen molar-refractivity contribution in [2.45, 2.75) is 51.2 Å². The molecule has 0 aromatic carbocycles. The fraction of sp³-hybridized carbons (Fsp3) is 0.929. The molecular formula is C14H28N2O3. The number of aliphatic carboxylic acids is 1. The summed E-state index contributed by atoms with van der Waals surface area (Å²) in [7, 11) is 1.67. The molecule has 2 unspecified atom stereocenters. The van der Waals surface area contributed by atoms with Gasteiger partial charge < -0.3 is 20.1 Å². The normalized spacial score (nSPS) is 27.7. The van der Waals surface area contributed by atoms with Crippen LogP contribution in [0.1, 0.15) is 39.5 Å². The zero-order valence-corrected chi connectivity index (χ0v) is 12.4. The maximum absolute atomic E-state index is 11.6. The summed E-state index contributed by atoms with van der Waals surface area (Å²) in [5.41, 5.74) is -0.800. The molecule has 2 N–H and O–H groups in total. The molecule has 1 aliphatic rings. The maximum Gasteiger partial charge on any atom is 0.323 e. The molecular weight excluding hydrogens is 244 g/mol. The van der Waals surface area contributed by atoms with Crippen molar-refractivity contribution in [2.24, 2.45) is 0 Å². The van der Waals surface area contributed by atoms with E-state index < -0.39 is 11.5 Å². The first-order valence-corrected chi connectivity index (χ1v) is 7.31. The summed E-state index contributed by atoms with van der Waals surface area (Å²) < 4.78 is 5.35. The molecule has 1 fully saturated rings. The molecule has 0 aromatic rings. The van der Waals surface area contributed by atoms with E-state index in [0.717, 1.165) is 32.5 Å². The maximum atomic E-state index is 11.6. The summed E-state index contributed by atoms with van der Waals surface area (Å²) in [4.78, 5) is 13.9. The van der Waals surface area contributed by atoms with Crippen LogP contribution in [-0.4, -0.2) is 60.9 Å². The number of ether oxygens (including phenoxy) is 1. The van der Waals surface area contributed by atoms with Crippen LogP contribution in [0.3, 0.4) is 0 Å². The van der Waals surface area contributed by atoms with Gasteiger partial charge in [-0.15, -0.1) is 0 Å². The van der Waals surface area contributed by atoms with Crippen LogP contribution < -0.4 is 5.32 Å². The molecule has 1 saturated carbocycles. The van der Waals surface area contributed by atoms with E-state index in [1.807, 2.05) is 0 Å². The Morgan fingerprint density at radius 2 is 2.16 bits per heavy atom. The molecule has 2 atom stereocenters. The highest BCUT2D eigenvalue weighted by Gasteiger charge is 2.42. The van der Waals surface area contributed by atoms with Crippen LogP contribution in [-0.2, 0) is 9.53 Å². The summed E-state index contributed by atoms with van der Waals surface area (Å²) in [6.45, 7) is 7.85. The molecule has 0 amide bonds. The van der Waals surface area contributed by atoms with E-state index in [9.17, 15) is 9.90 Å². The first kappa shape index (κ1) is 16.4. The predicted octanol–water partition coefficient (Wildman–Crippen LogP) is 1.33. The molecule has 0 aliphatic heterocycles. The van der Waals surface area contributed by atoms with Gasteiger partial charge in [0.25, 0.3) is 0 Å². The number of nitrogens with zero attached hydrogens (tertiary/aromatic N) is 1. The van der Waals surface area contributed by atoms with Crippen LogP contribution >= 0.6 is 0 Å². The van der Waals surface area contributed by atoms with Gasteiger partial charge in [-0.2, -0.15) is 0 Å². The predicted molar refractivity (Wildman–Crippen MR) is 75.4 cm³/mol. The molecule has 5 nitrogen and oxygen atoms in total. The number of methoxy groups -OCH3 is 1. The largest absolute Gasteiger partial charge is 0.480 e. The van der Waals surface area contributed by atoms with Gasteiger partial charge in [0, 0.05) is 26.6 Å². The number of nitrogens with one attached hydrogen (secondary N) is 1. The molecule has 0 saturated heterocycles. The van der Waals surface area contributed by atoms with E-state index >= 15 is 0 Å². The van der Waals surface area contributed by atoms with Gasteiger partial charge in [-0.25, -0.2) is 0 Å². The topological polar surface area (TPSA) is 61.8 Å². The Morgan fingerprint density at radius 3 is 2.68 bits per heavy atom. The Labute approximate surface area is 116 Å². The summed E-state index contributed by atoms with van der Waals surface area (Å²) in [5.74, 6) is -0.742. The third kappa shape index (κ3) is 4.44. The van der Waals surface area contributed by atoms with Crippen molar-refractivity contribution < 1.29 is 14.6 Å². The smallest absolute Gasteiger partial charge is 0.323 e. The second kappa shape index (κ2) is 7.82. The fourth-order valence-electron chi connectivity index (χ4n) is 2.85. The number of likely N-dealkylation sites (N-methyl/N-ethyl adjacent to an activating group) is 1. The van der Waals surface area contributed by atoms with Gasteiger partial charge >= 0.3 is 5.97 Å². The van der Waals surface area contributed by atoms with E-state index in [-0.39, 0.29) is 6.10 Å². The van der Waals surface area contributed by atoms with Gasteiger partial charge in [-0.1, -0.05) is 13.8 Å². The number of carboxylic acid groups (broad SMARTS) is 1. The second-order valence-corrected chi connectivity index (χ2v) is 5.29. The van der Waals surface area contributed by atoms with Gasteiger partial charge in [0.1, 0.15) is 5.54 Å². The van der Waals surface area contributed by atoms with Crippen LogP contribution in [0.25, 0.3) is 0 Å². The number of carbonyl (C=O) groups is 1. The minimum Gasteiger partial charge on any atom is -0.480 e. The second-order valence-electron chi connectivity index (χ2n) is 5.29. The monoisotopic (exact) mass is 272 g/mol. The van der Waals surface area contributed by atoms with Crippen molar-refractivity contribution in [3.63, 3.8) is 0 Å². The van der Waals surface area contributed by atoms with Crippen molar-refractivity contribution in [2.75, 3.05) is 33.3 Å². The van der Waals surface area contributed by atoms with Gasteiger partial charge in [-0.05, 0) is 32.4 Å². The van der Waals surface area contributed by atoms with Crippen molar-refractivity contribution >= 4 is 5.97 Å². The Kier molecular flexibility index (Phi) is 6.75. The highest BCUT2D eigenvalue weighted by molar-refractivity contribution is 5.79. The van der Waals surface area contributed by atoms with Crippen molar-refractivity contribution in [1.82, 2.24) is 10.2 Å². The zero-order chi connectivity index (χ0) is 14.3. The van der Waals surface area contributed by atoms with E-state index in [4.69, 9.17) is 4.74 Å². The fourth-order valence-corrected chi connectivity index (χ4v) is 2.85. The summed E-state index contributed by atoms with van der Waals surface area (Å²) in [6.07, 6.45) is 3.19. The average Bonchev–Trinajstić information content (AvgIpc) is 2.43. The van der Waals surface area contributed by atoms with Crippen LogP contribution in [0.4, 0.5) is 0 Å². The van der Waals surface area contributed by atoms with Gasteiger partial charge in [0.2, 0.25) is 0 Å². The molecule has 0 heterocycles. The number of hydrogen-bond acceptors (Lipinski definition) is 4. The Balaban J connectivity index is 2.54. The standard InChI is InChI=1S/C14H28N2O3/c1-4-16(5-2)10-9-15-14(13(17)18)8-6-7-12(11-14)19-3/h12,15H,4-11H2,1-3H3,(H,17,18). The molecule has 1 aliphatic carbocycles. The lowest BCUT2D eigenvalue weighted by Crippen LogP contribution is -2.57. The molecule has 5 heteroatoms. The third-order valence-electron chi connectivity index (χ3n) is 4.23. The van der Waals surface area contributed by atoms with E-state index in [1.54, 1.807) is 7.11 Å². The van der Waals surface area contributed by atoms with Crippen LogP contribution in [0.5, 0.6) is 0 Å². The molecule has 112 valence electrons. The van der Waals surface area contributed by atoms with Crippen LogP contribution in [0.2, 0.25) is 0 Å². The summed E-state index contributed by atoms with van der Waals surface area (Å²) >= 11 is 0. The van der Waals surface area contributed by atoms with Crippen molar-refractivity contribution in [3.05, 3.63) is 0 Å². The van der Waals surface area contributed by atoms with Gasteiger partial charge in [0.05, 0.1) is 6.10 Å². The van der Waals surface area contributed by atoms with Crippen LogP contribution in [0.15, 0.2) is 0 Å². The first-order chi connectivity index (χ1) is 9.07. The van der Waals surface area contributed by atoms with E-state index in [2.05, 4.69) is 24.1 Å². The lowest BCUT2D eigenvalue weighted by atomic mass is 9.80. The minimum absolute atomic E-state index is 0.0609. The van der Waals surface area contributed by atoms with Crippen molar-refractivity contribution in [3.8, 4) is 0 Å². The SMILES string of the molecule is CCN(CC)CCNC1(C(=O)O)CCCC(OC)C1. The van der Waals surface area contributed by atoms with Gasteiger partial charge in [-0.3, -0.25) is 4.79 Å². The quantitative estimate of drug-likeness (QED) is 0.698. The Hall–Kier alpha value is -0.650.